The molecule has 2 aromatic carbocycles. The second-order valence-electron chi connectivity index (χ2n) is 5.55. The molecule has 8 heteroatoms. The first-order chi connectivity index (χ1) is 11.9. The molecule has 4 N–H and O–H groups in total. The lowest BCUT2D eigenvalue weighted by Crippen LogP contribution is -2.63. The Hall–Kier alpha value is -2.93. The first-order valence-corrected chi connectivity index (χ1v) is 7.86. The van der Waals surface area contributed by atoms with Gasteiger partial charge in [0.1, 0.15) is 11.4 Å². The number of alkyl halides is 1. The number of anilines is 1. The van der Waals surface area contributed by atoms with Gasteiger partial charge in [0.15, 0.2) is 11.5 Å². The summed E-state index contributed by atoms with van der Waals surface area (Å²) in [4.78, 5) is 24.4. The predicted molar refractivity (Wildman–Crippen MR) is 92.2 cm³/mol. The van der Waals surface area contributed by atoms with Crippen LogP contribution in [-0.4, -0.2) is 34.4 Å². The molecule has 1 aliphatic heterocycles. The number of amides is 2. The molecule has 2 aromatic rings. The summed E-state index contributed by atoms with van der Waals surface area (Å²) in [7, 11) is 1.42. The molecule has 0 spiro atoms. The fourth-order valence-electron chi connectivity index (χ4n) is 2.58. The third-order valence-corrected chi connectivity index (χ3v) is 4.39. The van der Waals surface area contributed by atoms with Crippen molar-refractivity contribution in [2.75, 3.05) is 12.8 Å². The quantitative estimate of drug-likeness (QED) is 0.437. The van der Waals surface area contributed by atoms with Crippen LogP contribution in [0.15, 0.2) is 42.5 Å². The molecule has 1 aliphatic rings. The average molecular weight is 362 g/mol. The fraction of sp³-hybridized carbons (Fsp3) is 0.176. The molecule has 7 nitrogen and oxygen atoms in total. The number of β-lactam (4-membered cyclic amide) rings is 1. The molecule has 1 heterocycles. The van der Waals surface area contributed by atoms with E-state index in [1.165, 1.54) is 18.2 Å². The van der Waals surface area contributed by atoms with Crippen LogP contribution in [0.3, 0.4) is 0 Å². The van der Waals surface area contributed by atoms with E-state index in [0.717, 1.165) is 0 Å². The van der Waals surface area contributed by atoms with Crippen molar-refractivity contribution in [2.24, 2.45) is 0 Å². The number of benzene rings is 2. The van der Waals surface area contributed by atoms with Crippen LogP contribution in [0.4, 0.5) is 5.69 Å². The summed E-state index contributed by atoms with van der Waals surface area (Å²) in [5.41, 5.74) is 9.67. The number of nitrogens with one attached hydrogen (secondary N) is 1. The number of nitrogen functional groups attached to an aromatic ring is 1. The highest BCUT2D eigenvalue weighted by atomic mass is 35.5. The maximum Gasteiger partial charge on any atom is 0.269 e. The summed E-state index contributed by atoms with van der Waals surface area (Å²) in [5, 5.41) is 10.0. The van der Waals surface area contributed by atoms with E-state index in [4.69, 9.17) is 22.1 Å². The van der Waals surface area contributed by atoms with E-state index in [9.17, 15) is 14.7 Å². The van der Waals surface area contributed by atoms with Crippen LogP contribution in [0.1, 0.15) is 22.0 Å². The zero-order valence-corrected chi connectivity index (χ0v) is 14.0. The SMILES string of the molecule is COc1cc([C@H]2[C@@H](Cl)C(=O)N2NC(=O)c2ccc(N)cc2)ccc1O. The Balaban J connectivity index is 1.81. The zero-order valence-electron chi connectivity index (χ0n) is 13.3. The van der Waals surface area contributed by atoms with Crippen LogP contribution in [0.25, 0.3) is 0 Å². The summed E-state index contributed by atoms with van der Waals surface area (Å²) >= 11 is 6.12. The van der Waals surface area contributed by atoms with Crippen LogP contribution in [0, 0.1) is 0 Å². The molecule has 0 radical (unpaired) electrons. The number of rotatable bonds is 4. The van der Waals surface area contributed by atoms with Gasteiger partial charge in [-0.05, 0) is 42.0 Å². The lowest BCUT2D eigenvalue weighted by Gasteiger charge is -2.44. The molecule has 2 amide bonds. The first-order valence-electron chi connectivity index (χ1n) is 7.43. The molecule has 0 saturated carbocycles. The molecule has 25 heavy (non-hydrogen) atoms. The molecule has 130 valence electrons. The van der Waals surface area contributed by atoms with Gasteiger partial charge in [-0.1, -0.05) is 6.07 Å². The number of carbonyl (C=O) groups is 2. The van der Waals surface area contributed by atoms with Crippen molar-refractivity contribution in [3.8, 4) is 11.5 Å². The Labute approximate surface area is 148 Å². The van der Waals surface area contributed by atoms with Gasteiger partial charge in [-0.25, -0.2) is 5.01 Å². The monoisotopic (exact) mass is 361 g/mol. The maximum absolute atomic E-state index is 12.3. The largest absolute Gasteiger partial charge is 0.504 e. The van der Waals surface area contributed by atoms with E-state index in [0.29, 0.717) is 16.8 Å². The number of aromatic hydroxyl groups is 1. The van der Waals surface area contributed by atoms with E-state index in [2.05, 4.69) is 5.43 Å². The summed E-state index contributed by atoms with van der Waals surface area (Å²) in [5.74, 6) is -0.638. The van der Waals surface area contributed by atoms with Gasteiger partial charge in [-0.3, -0.25) is 15.0 Å². The molecule has 1 saturated heterocycles. The van der Waals surface area contributed by atoms with Gasteiger partial charge in [-0.15, -0.1) is 11.6 Å². The van der Waals surface area contributed by atoms with Crippen molar-refractivity contribution in [1.82, 2.24) is 10.4 Å². The number of nitrogens with zero attached hydrogens (tertiary/aromatic N) is 1. The van der Waals surface area contributed by atoms with Crippen molar-refractivity contribution >= 4 is 29.1 Å². The summed E-state index contributed by atoms with van der Waals surface area (Å²) < 4.78 is 5.07. The van der Waals surface area contributed by atoms with E-state index in [-0.39, 0.29) is 11.5 Å². The Morgan fingerprint density at radius 2 is 1.96 bits per heavy atom. The topological polar surface area (TPSA) is 105 Å². The van der Waals surface area contributed by atoms with Gasteiger partial charge in [0, 0.05) is 11.3 Å². The Morgan fingerprint density at radius 3 is 2.60 bits per heavy atom. The zero-order chi connectivity index (χ0) is 18.1. The molecule has 0 aliphatic carbocycles. The molecule has 0 bridgehead atoms. The van der Waals surface area contributed by atoms with Crippen LogP contribution < -0.4 is 15.9 Å². The van der Waals surface area contributed by atoms with E-state index < -0.39 is 23.2 Å². The second kappa shape index (κ2) is 6.52. The smallest absolute Gasteiger partial charge is 0.269 e. The lowest BCUT2D eigenvalue weighted by atomic mass is 9.95. The molecule has 0 aromatic heterocycles. The first kappa shape index (κ1) is 16.9. The van der Waals surface area contributed by atoms with Gasteiger partial charge in [0.05, 0.1) is 7.11 Å². The van der Waals surface area contributed by atoms with Gasteiger partial charge >= 0.3 is 0 Å². The second-order valence-corrected chi connectivity index (χ2v) is 6.02. The minimum absolute atomic E-state index is 0.0273. The molecule has 0 unspecified atom stereocenters. The van der Waals surface area contributed by atoms with E-state index in [1.807, 2.05) is 0 Å². The summed E-state index contributed by atoms with van der Waals surface area (Å²) in [6.07, 6.45) is 0. The highest BCUT2D eigenvalue weighted by molar-refractivity contribution is 6.33. The molecule has 2 atom stereocenters. The van der Waals surface area contributed by atoms with Crippen molar-refractivity contribution in [3.63, 3.8) is 0 Å². The third kappa shape index (κ3) is 3.06. The van der Waals surface area contributed by atoms with Gasteiger partial charge in [-0.2, -0.15) is 0 Å². The highest BCUT2D eigenvalue weighted by Crippen LogP contribution is 2.40. The number of nitrogens with two attached hydrogens (primary N) is 1. The molecule has 3 rings (SSSR count). The number of ether oxygens (including phenoxy) is 1. The van der Waals surface area contributed by atoms with Crippen molar-refractivity contribution in [3.05, 3.63) is 53.6 Å². The number of phenols is 1. The summed E-state index contributed by atoms with van der Waals surface area (Å²) in [6.45, 7) is 0. The number of carbonyl (C=O) groups excluding carboxylic acids is 2. The maximum atomic E-state index is 12.3. The van der Waals surface area contributed by atoms with Gasteiger partial charge < -0.3 is 15.6 Å². The number of hydrogen-bond acceptors (Lipinski definition) is 5. The number of hydrazine groups is 1. The Bertz CT molecular complexity index is 825. The molecular formula is C17H16ClN3O4. The lowest BCUT2D eigenvalue weighted by molar-refractivity contribution is -0.149. The van der Waals surface area contributed by atoms with Crippen molar-refractivity contribution < 1.29 is 19.4 Å². The predicted octanol–water partition coefficient (Wildman–Crippen LogP) is 1.82. The minimum Gasteiger partial charge on any atom is -0.504 e. The minimum atomic E-state index is -0.819. The molecular weight excluding hydrogens is 346 g/mol. The molecule has 1 fully saturated rings. The number of methoxy groups -OCH3 is 1. The van der Waals surface area contributed by atoms with Crippen molar-refractivity contribution in [2.45, 2.75) is 11.4 Å². The number of phenolic OH excluding ortho intramolecular Hbond substituents is 1. The highest BCUT2D eigenvalue weighted by Gasteiger charge is 2.48. The Kier molecular flexibility index (Phi) is 4.41. The Morgan fingerprint density at radius 1 is 1.28 bits per heavy atom. The average Bonchev–Trinajstić information content (AvgIpc) is 2.62. The van der Waals surface area contributed by atoms with Crippen LogP contribution in [-0.2, 0) is 4.79 Å². The van der Waals surface area contributed by atoms with E-state index >= 15 is 0 Å². The standard InChI is InChI=1S/C17H16ClN3O4/c1-25-13-8-10(4-7-12(13)22)15-14(18)17(24)21(15)20-16(23)9-2-5-11(19)6-3-9/h2-8,14-15,22H,19H2,1H3,(H,20,23)/t14-,15+/m1/s1. The summed E-state index contributed by atoms with van der Waals surface area (Å²) in [6, 6.07) is 10.4. The fourth-order valence-corrected chi connectivity index (χ4v) is 2.95. The number of halogens is 1. The van der Waals surface area contributed by atoms with Crippen molar-refractivity contribution in [1.29, 1.82) is 0 Å². The number of hydrogen-bond donors (Lipinski definition) is 3. The van der Waals surface area contributed by atoms with Crippen LogP contribution >= 0.6 is 11.6 Å². The van der Waals surface area contributed by atoms with Crippen LogP contribution in [0.5, 0.6) is 11.5 Å². The van der Waals surface area contributed by atoms with E-state index in [1.54, 1.807) is 36.4 Å². The normalized spacial score (nSPS) is 19.3. The third-order valence-electron chi connectivity index (χ3n) is 3.97. The van der Waals surface area contributed by atoms with Gasteiger partial charge in [0.25, 0.3) is 11.8 Å². The van der Waals surface area contributed by atoms with Crippen LogP contribution in [0.2, 0.25) is 0 Å². The van der Waals surface area contributed by atoms with Gasteiger partial charge in [0.2, 0.25) is 0 Å².